The van der Waals surface area contributed by atoms with Crippen molar-refractivity contribution in [3.05, 3.63) is 59.9 Å². The van der Waals surface area contributed by atoms with E-state index in [2.05, 4.69) is 51.9 Å². The standard InChI is InChI=1S/C16H19N3/c1-3-8-17-16-18-12(2)10-19(16)11-14-9-13-6-4-5-7-15(13)14/h3-7,10,14H,1,8-9,11H2,2H3,(H,17,18). The van der Waals surface area contributed by atoms with Crippen molar-refractivity contribution in [2.75, 3.05) is 11.9 Å². The van der Waals surface area contributed by atoms with Crippen LogP contribution in [0.3, 0.4) is 0 Å². The number of aromatic nitrogens is 2. The summed E-state index contributed by atoms with van der Waals surface area (Å²) in [5.74, 6) is 1.57. The van der Waals surface area contributed by atoms with E-state index < -0.39 is 0 Å². The van der Waals surface area contributed by atoms with Gasteiger partial charge < -0.3 is 9.88 Å². The van der Waals surface area contributed by atoms with Crippen LogP contribution < -0.4 is 5.32 Å². The summed E-state index contributed by atoms with van der Waals surface area (Å²) in [5.41, 5.74) is 4.03. The third kappa shape index (κ3) is 2.28. The number of fused-ring (bicyclic) bond motifs is 1. The minimum Gasteiger partial charge on any atom is -0.352 e. The first-order valence-corrected chi connectivity index (χ1v) is 6.74. The highest BCUT2D eigenvalue weighted by Gasteiger charge is 2.26. The summed E-state index contributed by atoms with van der Waals surface area (Å²) in [6.07, 6.45) is 5.15. The molecule has 98 valence electrons. The van der Waals surface area contributed by atoms with Gasteiger partial charge in [0, 0.05) is 25.2 Å². The van der Waals surface area contributed by atoms with Gasteiger partial charge in [-0.1, -0.05) is 30.3 Å². The van der Waals surface area contributed by atoms with Crippen LogP contribution in [0.5, 0.6) is 0 Å². The first-order valence-electron chi connectivity index (χ1n) is 6.74. The Morgan fingerprint density at radius 2 is 2.32 bits per heavy atom. The molecule has 3 heteroatoms. The lowest BCUT2D eigenvalue weighted by molar-refractivity contribution is 0.511. The number of rotatable bonds is 5. The third-order valence-electron chi connectivity index (χ3n) is 3.68. The molecule has 0 radical (unpaired) electrons. The molecule has 0 spiro atoms. The van der Waals surface area contributed by atoms with Crippen LogP contribution in [-0.4, -0.2) is 16.1 Å². The van der Waals surface area contributed by atoms with Crippen LogP contribution in [0.4, 0.5) is 5.95 Å². The number of imidazole rings is 1. The summed E-state index contributed by atoms with van der Waals surface area (Å²) < 4.78 is 2.22. The Hall–Kier alpha value is -2.03. The van der Waals surface area contributed by atoms with Crippen molar-refractivity contribution < 1.29 is 0 Å². The van der Waals surface area contributed by atoms with Gasteiger partial charge in [-0.2, -0.15) is 0 Å². The molecule has 1 aliphatic carbocycles. The average molecular weight is 253 g/mol. The maximum atomic E-state index is 4.52. The van der Waals surface area contributed by atoms with Gasteiger partial charge in [0.05, 0.1) is 5.69 Å². The third-order valence-corrected chi connectivity index (χ3v) is 3.68. The fourth-order valence-corrected chi connectivity index (χ4v) is 2.75. The zero-order valence-corrected chi connectivity index (χ0v) is 11.3. The highest BCUT2D eigenvalue weighted by Crippen LogP contribution is 2.36. The molecular formula is C16H19N3. The molecule has 0 amide bonds. The maximum absolute atomic E-state index is 4.52. The van der Waals surface area contributed by atoms with Gasteiger partial charge in [-0.3, -0.25) is 0 Å². The molecule has 0 saturated heterocycles. The lowest BCUT2D eigenvalue weighted by atomic mass is 9.77. The summed E-state index contributed by atoms with van der Waals surface area (Å²) >= 11 is 0. The molecule has 1 N–H and O–H groups in total. The van der Waals surface area contributed by atoms with Gasteiger partial charge in [0.25, 0.3) is 0 Å². The second-order valence-electron chi connectivity index (χ2n) is 5.13. The lowest BCUT2D eigenvalue weighted by Crippen LogP contribution is -2.22. The Morgan fingerprint density at radius 3 is 3.11 bits per heavy atom. The van der Waals surface area contributed by atoms with Crippen molar-refractivity contribution in [1.82, 2.24) is 9.55 Å². The monoisotopic (exact) mass is 253 g/mol. The van der Waals surface area contributed by atoms with E-state index in [1.807, 2.05) is 13.0 Å². The van der Waals surface area contributed by atoms with E-state index in [0.29, 0.717) is 5.92 Å². The molecule has 1 aromatic heterocycles. The highest BCUT2D eigenvalue weighted by molar-refractivity contribution is 5.40. The van der Waals surface area contributed by atoms with Gasteiger partial charge in [0.15, 0.2) is 0 Å². The first kappa shape index (κ1) is 12.0. The van der Waals surface area contributed by atoms with Crippen LogP contribution in [0.2, 0.25) is 0 Å². The van der Waals surface area contributed by atoms with Crippen LogP contribution in [-0.2, 0) is 13.0 Å². The summed E-state index contributed by atoms with van der Waals surface area (Å²) in [6.45, 7) is 7.51. The normalized spacial score (nSPS) is 16.6. The number of nitrogens with one attached hydrogen (secondary N) is 1. The molecule has 3 nitrogen and oxygen atoms in total. The van der Waals surface area contributed by atoms with Gasteiger partial charge in [-0.25, -0.2) is 4.98 Å². The van der Waals surface area contributed by atoms with E-state index in [9.17, 15) is 0 Å². The zero-order chi connectivity index (χ0) is 13.2. The molecule has 1 aromatic carbocycles. The Balaban J connectivity index is 1.76. The molecule has 1 atom stereocenters. The smallest absolute Gasteiger partial charge is 0.203 e. The zero-order valence-electron chi connectivity index (χ0n) is 11.3. The van der Waals surface area contributed by atoms with Gasteiger partial charge in [0.2, 0.25) is 5.95 Å². The van der Waals surface area contributed by atoms with E-state index >= 15 is 0 Å². The van der Waals surface area contributed by atoms with E-state index in [0.717, 1.165) is 24.7 Å². The number of hydrogen-bond acceptors (Lipinski definition) is 2. The Labute approximate surface area is 114 Å². The molecule has 0 aliphatic heterocycles. The molecule has 0 fully saturated rings. The lowest BCUT2D eigenvalue weighted by Gasteiger charge is -2.30. The van der Waals surface area contributed by atoms with Crippen molar-refractivity contribution in [3.8, 4) is 0 Å². The van der Waals surface area contributed by atoms with E-state index in [-0.39, 0.29) is 0 Å². The van der Waals surface area contributed by atoms with Gasteiger partial charge in [-0.15, -0.1) is 6.58 Å². The Morgan fingerprint density at radius 1 is 1.47 bits per heavy atom. The van der Waals surface area contributed by atoms with Gasteiger partial charge >= 0.3 is 0 Å². The van der Waals surface area contributed by atoms with Crippen molar-refractivity contribution in [1.29, 1.82) is 0 Å². The minimum absolute atomic E-state index is 0.620. The van der Waals surface area contributed by atoms with Crippen molar-refractivity contribution in [3.63, 3.8) is 0 Å². The largest absolute Gasteiger partial charge is 0.352 e. The summed E-state index contributed by atoms with van der Waals surface area (Å²) in [6, 6.07) is 8.71. The molecule has 1 aliphatic rings. The van der Waals surface area contributed by atoms with E-state index in [1.54, 1.807) is 0 Å². The molecule has 1 unspecified atom stereocenters. The molecule has 19 heavy (non-hydrogen) atoms. The SMILES string of the molecule is C=CCNc1nc(C)cn1CC1Cc2ccccc21. The number of anilines is 1. The summed E-state index contributed by atoms with van der Waals surface area (Å²) in [4.78, 5) is 4.52. The maximum Gasteiger partial charge on any atom is 0.203 e. The topological polar surface area (TPSA) is 29.9 Å². The number of aryl methyl sites for hydroxylation is 1. The second kappa shape index (κ2) is 4.92. The molecular weight excluding hydrogens is 234 g/mol. The number of nitrogens with zero attached hydrogens (tertiary/aromatic N) is 2. The fourth-order valence-electron chi connectivity index (χ4n) is 2.75. The second-order valence-corrected chi connectivity index (χ2v) is 5.13. The first-order chi connectivity index (χ1) is 9.28. The molecule has 2 aromatic rings. The van der Waals surface area contributed by atoms with Crippen LogP contribution in [0.1, 0.15) is 22.7 Å². The van der Waals surface area contributed by atoms with Crippen LogP contribution in [0.15, 0.2) is 43.1 Å². The van der Waals surface area contributed by atoms with Crippen molar-refractivity contribution in [2.24, 2.45) is 0 Å². The van der Waals surface area contributed by atoms with Crippen LogP contribution in [0, 0.1) is 6.92 Å². The predicted molar refractivity (Wildman–Crippen MR) is 78.5 cm³/mol. The van der Waals surface area contributed by atoms with Crippen molar-refractivity contribution >= 4 is 5.95 Å². The molecule has 3 rings (SSSR count). The van der Waals surface area contributed by atoms with Crippen molar-refractivity contribution in [2.45, 2.75) is 25.8 Å². The fraction of sp³-hybridized carbons (Fsp3) is 0.312. The average Bonchev–Trinajstić information content (AvgIpc) is 2.74. The van der Waals surface area contributed by atoms with Crippen LogP contribution >= 0.6 is 0 Å². The predicted octanol–water partition coefficient (Wildman–Crippen LogP) is 3.13. The molecule has 1 heterocycles. The van der Waals surface area contributed by atoms with Crippen LogP contribution in [0.25, 0.3) is 0 Å². The van der Waals surface area contributed by atoms with Gasteiger partial charge in [0.1, 0.15) is 0 Å². The summed E-state index contributed by atoms with van der Waals surface area (Å²) in [7, 11) is 0. The molecule has 0 bridgehead atoms. The minimum atomic E-state index is 0.620. The number of hydrogen-bond donors (Lipinski definition) is 1. The Kier molecular flexibility index (Phi) is 3.11. The van der Waals surface area contributed by atoms with E-state index in [1.165, 1.54) is 17.5 Å². The number of benzene rings is 1. The quantitative estimate of drug-likeness (QED) is 0.830. The highest BCUT2D eigenvalue weighted by atomic mass is 15.2. The van der Waals surface area contributed by atoms with E-state index in [4.69, 9.17) is 0 Å². The Bertz CT molecular complexity index is 598. The molecule has 0 saturated carbocycles. The summed E-state index contributed by atoms with van der Waals surface area (Å²) in [5, 5.41) is 3.30. The van der Waals surface area contributed by atoms with Gasteiger partial charge in [-0.05, 0) is 24.5 Å².